The van der Waals surface area contributed by atoms with E-state index in [0.29, 0.717) is 19.0 Å². The number of hydrogen-bond acceptors (Lipinski definition) is 3. The zero-order valence-corrected chi connectivity index (χ0v) is 20.6. The van der Waals surface area contributed by atoms with Crippen LogP contribution < -0.4 is 10.1 Å². The first-order chi connectivity index (χ1) is 16.1. The minimum atomic E-state index is -0.187. The number of rotatable bonds is 5. The summed E-state index contributed by atoms with van der Waals surface area (Å²) < 4.78 is 7.85. The molecule has 0 saturated heterocycles. The molecule has 0 bridgehead atoms. The Morgan fingerprint density at radius 2 is 2.03 bits per heavy atom. The van der Waals surface area contributed by atoms with Crippen molar-refractivity contribution in [2.45, 2.75) is 58.5 Å². The lowest BCUT2D eigenvalue weighted by molar-refractivity contribution is 0.180. The monoisotopic (exact) mass is 463 g/mol. The largest absolute Gasteiger partial charge is 0.497 e. The second-order valence-corrected chi connectivity index (χ2v) is 10.6. The number of aromatic nitrogens is 1. The lowest BCUT2D eigenvalue weighted by Gasteiger charge is -2.31. The van der Waals surface area contributed by atoms with Crippen molar-refractivity contribution in [3.8, 4) is 10.8 Å². The zero-order valence-electron chi connectivity index (χ0n) is 19.8. The minimum absolute atomic E-state index is 0.000158. The molecule has 174 valence electrons. The van der Waals surface area contributed by atoms with Crippen LogP contribution in [0.2, 0.25) is 0 Å². The van der Waals surface area contributed by atoms with E-state index in [2.05, 4.69) is 54.2 Å². The van der Waals surface area contributed by atoms with Gasteiger partial charge in [-0.25, -0.2) is 4.79 Å². The number of nitrogens with one attached hydrogen (secondary N) is 1. The molecule has 0 saturated carbocycles. The third-order valence-electron chi connectivity index (χ3n) is 6.85. The van der Waals surface area contributed by atoms with Gasteiger partial charge in [0.2, 0.25) is 0 Å². The highest BCUT2D eigenvalue weighted by molar-refractivity contribution is 7.15. The van der Waals surface area contributed by atoms with Crippen LogP contribution in [0.5, 0.6) is 5.75 Å². The van der Waals surface area contributed by atoms with Gasteiger partial charge in [-0.3, -0.25) is 0 Å². The van der Waals surface area contributed by atoms with Crippen LogP contribution in [0.1, 0.15) is 66.4 Å². The van der Waals surface area contributed by atoms with E-state index in [9.17, 15) is 4.79 Å². The Bertz CT molecular complexity index is 1150. The second-order valence-electron chi connectivity index (χ2n) is 9.52. The zero-order chi connectivity index (χ0) is 22.9. The van der Waals surface area contributed by atoms with Gasteiger partial charge in [0, 0.05) is 23.2 Å². The standard InChI is InChI=1S/C27H33N3O2S/c1-18(2)13-14-28-27(31)30-17-22-21-10-4-5-12-24(21)33-26(22)29-15-7-11-23(29)25(30)19-8-6-9-20(16-19)32-3/h6-9,11,15-16,18,25H,4-5,10,12-14,17H2,1-3H3,(H,28,31). The number of thiophene rings is 1. The van der Waals surface area contributed by atoms with Gasteiger partial charge in [-0.05, 0) is 73.4 Å². The van der Waals surface area contributed by atoms with E-state index in [4.69, 9.17) is 4.74 Å². The first-order valence-electron chi connectivity index (χ1n) is 12.1. The van der Waals surface area contributed by atoms with E-state index in [1.807, 2.05) is 28.4 Å². The molecule has 0 fully saturated rings. The number of amides is 2. The summed E-state index contributed by atoms with van der Waals surface area (Å²) in [7, 11) is 1.69. The maximum atomic E-state index is 13.7. The minimum Gasteiger partial charge on any atom is -0.497 e. The summed E-state index contributed by atoms with van der Waals surface area (Å²) in [4.78, 5) is 17.2. The van der Waals surface area contributed by atoms with E-state index in [1.54, 1.807) is 7.11 Å². The van der Waals surface area contributed by atoms with Crippen molar-refractivity contribution < 1.29 is 9.53 Å². The molecule has 33 heavy (non-hydrogen) atoms. The molecule has 1 unspecified atom stereocenters. The van der Waals surface area contributed by atoms with Crippen molar-refractivity contribution in [1.29, 1.82) is 0 Å². The number of benzene rings is 1. The van der Waals surface area contributed by atoms with E-state index < -0.39 is 0 Å². The van der Waals surface area contributed by atoms with Gasteiger partial charge in [0.1, 0.15) is 10.8 Å². The van der Waals surface area contributed by atoms with Crippen molar-refractivity contribution in [2.24, 2.45) is 5.92 Å². The molecule has 5 nitrogen and oxygen atoms in total. The van der Waals surface area contributed by atoms with E-state index in [1.165, 1.54) is 33.8 Å². The molecule has 0 radical (unpaired) electrons. The number of aryl methyl sites for hydroxylation is 1. The number of carbonyl (C=O) groups excluding carboxylic acids is 1. The molecular formula is C27H33N3O2S. The smallest absolute Gasteiger partial charge is 0.318 e. The number of methoxy groups -OCH3 is 1. The van der Waals surface area contributed by atoms with Crippen LogP contribution in [0.15, 0.2) is 42.6 Å². The van der Waals surface area contributed by atoms with Gasteiger partial charge in [-0.2, -0.15) is 0 Å². The normalized spacial score (nSPS) is 17.2. The molecule has 2 aliphatic rings. The predicted molar refractivity (Wildman–Crippen MR) is 134 cm³/mol. The molecule has 2 amide bonds. The van der Waals surface area contributed by atoms with Gasteiger partial charge < -0.3 is 19.5 Å². The highest BCUT2D eigenvalue weighted by Crippen LogP contribution is 2.44. The fraction of sp³-hybridized carbons (Fsp3) is 0.444. The maximum Gasteiger partial charge on any atom is 0.318 e. The van der Waals surface area contributed by atoms with Crippen LogP contribution in [0, 0.1) is 5.92 Å². The molecule has 0 spiro atoms. The van der Waals surface area contributed by atoms with E-state index in [0.717, 1.165) is 36.3 Å². The van der Waals surface area contributed by atoms with Crippen molar-refractivity contribution >= 4 is 17.4 Å². The summed E-state index contributed by atoms with van der Waals surface area (Å²) in [6.07, 6.45) is 7.89. The molecule has 1 N–H and O–H groups in total. The number of carbonyl (C=O) groups is 1. The summed E-state index contributed by atoms with van der Waals surface area (Å²) in [5.41, 5.74) is 5.00. The van der Waals surface area contributed by atoms with Crippen LogP contribution in [0.4, 0.5) is 4.79 Å². The van der Waals surface area contributed by atoms with Crippen LogP contribution >= 0.6 is 11.3 Å². The summed E-state index contributed by atoms with van der Waals surface area (Å²) in [5, 5.41) is 4.50. The number of hydrogen-bond donors (Lipinski definition) is 1. The van der Waals surface area contributed by atoms with Gasteiger partial charge in [0.15, 0.2) is 0 Å². The first-order valence-corrected chi connectivity index (χ1v) is 12.9. The van der Waals surface area contributed by atoms with Crippen molar-refractivity contribution in [3.05, 3.63) is 69.9 Å². The summed E-state index contributed by atoms with van der Waals surface area (Å²) in [5.74, 6) is 1.36. The van der Waals surface area contributed by atoms with Crippen LogP contribution in [0.25, 0.3) is 5.00 Å². The predicted octanol–water partition coefficient (Wildman–Crippen LogP) is 6.09. The molecular weight excluding hydrogens is 430 g/mol. The third-order valence-corrected chi connectivity index (χ3v) is 8.18. The van der Waals surface area contributed by atoms with Crippen molar-refractivity contribution in [1.82, 2.24) is 14.8 Å². The van der Waals surface area contributed by atoms with Gasteiger partial charge in [0.05, 0.1) is 25.4 Å². The van der Waals surface area contributed by atoms with Crippen LogP contribution in [-0.4, -0.2) is 29.2 Å². The topological polar surface area (TPSA) is 46.5 Å². The van der Waals surface area contributed by atoms with Gasteiger partial charge in [-0.15, -0.1) is 11.3 Å². The number of nitrogens with zero attached hydrogens (tertiary/aromatic N) is 2. The average molecular weight is 464 g/mol. The Balaban J connectivity index is 1.62. The van der Waals surface area contributed by atoms with Gasteiger partial charge in [-0.1, -0.05) is 26.0 Å². The Morgan fingerprint density at radius 3 is 2.85 bits per heavy atom. The highest BCUT2D eigenvalue weighted by atomic mass is 32.1. The SMILES string of the molecule is COc1cccc(C2c3cccn3-c3sc4c(c3CN2C(=O)NCCC(C)C)CCCC4)c1. The summed E-state index contributed by atoms with van der Waals surface area (Å²) >= 11 is 1.92. The van der Waals surface area contributed by atoms with E-state index in [-0.39, 0.29) is 12.1 Å². The Labute approximate surface area is 200 Å². The number of fused-ring (bicyclic) bond motifs is 5. The van der Waals surface area contributed by atoms with Crippen molar-refractivity contribution in [2.75, 3.05) is 13.7 Å². The van der Waals surface area contributed by atoms with Crippen molar-refractivity contribution in [3.63, 3.8) is 0 Å². The summed E-state index contributed by atoms with van der Waals surface area (Å²) in [6, 6.07) is 12.2. The molecule has 1 aliphatic carbocycles. The van der Waals surface area contributed by atoms with Gasteiger partial charge in [0.25, 0.3) is 0 Å². The Kier molecular flexibility index (Phi) is 6.19. The first kappa shape index (κ1) is 22.1. The fourth-order valence-corrected chi connectivity index (χ4v) is 6.52. The molecule has 5 rings (SSSR count). The number of urea groups is 1. The summed E-state index contributed by atoms with van der Waals surface area (Å²) in [6.45, 7) is 5.69. The Hall–Kier alpha value is -2.73. The molecule has 3 aromatic rings. The highest BCUT2D eigenvalue weighted by Gasteiger charge is 2.36. The lowest BCUT2D eigenvalue weighted by atomic mass is 9.95. The third kappa shape index (κ3) is 4.17. The van der Waals surface area contributed by atoms with Crippen LogP contribution in [0.3, 0.4) is 0 Å². The fourth-order valence-electron chi connectivity index (χ4n) is 5.12. The molecule has 3 heterocycles. The molecule has 6 heteroatoms. The van der Waals surface area contributed by atoms with Crippen LogP contribution in [-0.2, 0) is 19.4 Å². The van der Waals surface area contributed by atoms with E-state index >= 15 is 0 Å². The second kappa shape index (κ2) is 9.26. The number of ether oxygens (including phenoxy) is 1. The average Bonchev–Trinajstić information content (AvgIpc) is 3.40. The lowest BCUT2D eigenvalue weighted by Crippen LogP contribution is -2.42. The quantitative estimate of drug-likeness (QED) is 0.498. The molecule has 2 aromatic heterocycles. The molecule has 1 aromatic carbocycles. The molecule has 1 atom stereocenters. The van der Waals surface area contributed by atoms with Gasteiger partial charge >= 0.3 is 6.03 Å². The Morgan fingerprint density at radius 1 is 1.18 bits per heavy atom. The molecule has 1 aliphatic heterocycles. The maximum absolute atomic E-state index is 13.7.